The van der Waals surface area contributed by atoms with E-state index in [0.717, 1.165) is 25.8 Å². The Morgan fingerprint density at radius 1 is 1.24 bits per heavy atom. The number of hydrogen-bond acceptors (Lipinski definition) is 3. The molecule has 0 fully saturated rings. The van der Waals surface area contributed by atoms with E-state index < -0.39 is 0 Å². The Bertz CT molecular complexity index is 668. The molecule has 3 rings (SSSR count). The molecule has 2 nitrogen and oxygen atoms in total. The summed E-state index contributed by atoms with van der Waals surface area (Å²) >= 11 is 1.86. The van der Waals surface area contributed by atoms with Gasteiger partial charge in [0, 0.05) is 17.0 Å². The molecule has 110 valence electrons. The minimum absolute atomic E-state index is 1.06. The van der Waals surface area contributed by atoms with E-state index in [4.69, 9.17) is 4.98 Å². The van der Waals surface area contributed by atoms with E-state index in [-0.39, 0.29) is 0 Å². The standard InChI is InChI=1S/C18H22N2S/c1-13-19-18-16(9-6-12-20(2)3)15-8-5-4-7-14(15)10-11-17(18)21-13/h4-5,7-9H,6,10-12H2,1-3H3/b16-9+. The average molecular weight is 298 g/mol. The Morgan fingerprint density at radius 2 is 2.05 bits per heavy atom. The highest BCUT2D eigenvalue weighted by Gasteiger charge is 2.20. The smallest absolute Gasteiger partial charge is 0.0904 e. The normalized spacial score (nSPS) is 15.9. The highest BCUT2D eigenvalue weighted by molar-refractivity contribution is 7.11. The summed E-state index contributed by atoms with van der Waals surface area (Å²) in [4.78, 5) is 8.50. The molecule has 1 aliphatic carbocycles. The van der Waals surface area contributed by atoms with Crippen LogP contribution < -0.4 is 0 Å². The molecule has 3 heteroatoms. The van der Waals surface area contributed by atoms with Gasteiger partial charge >= 0.3 is 0 Å². The van der Waals surface area contributed by atoms with Crippen LogP contribution in [0.5, 0.6) is 0 Å². The molecule has 0 unspecified atom stereocenters. The summed E-state index contributed by atoms with van der Waals surface area (Å²) in [7, 11) is 4.25. The summed E-state index contributed by atoms with van der Waals surface area (Å²) in [5, 5.41) is 1.18. The van der Waals surface area contributed by atoms with Crippen LogP contribution in [-0.2, 0) is 12.8 Å². The Balaban J connectivity index is 2.06. The van der Waals surface area contributed by atoms with Crippen LogP contribution in [0.25, 0.3) is 5.57 Å². The number of thiazole rings is 1. The van der Waals surface area contributed by atoms with Crippen molar-refractivity contribution in [1.82, 2.24) is 9.88 Å². The molecule has 1 aromatic heterocycles. The highest BCUT2D eigenvalue weighted by Crippen LogP contribution is 2.35. The van der Waals surface area contributed by atoms with Gasteiger partial charge < -0.3 is 4.90 Å². The molecule has 0 radical (unpaired) electrons. The van der Waals surface area contributed by atoms with Gasteiger partial charge in [-0.05, 0) is 51.4 Å². The molecule has 0 amide bonds. The SMILES string of the molecule is Cc1nc2c(s1)CCc1ccccc1/C2=C\CCN(C)C. The van der Waals surface area contributed by atoms with E-state index in [0.29, 0.717) is 0 Å². The van der Waals surface area contributed by atoms with Crippen LogP contribution in [0.1, 0.15) is 33.1 Å². The number of rotatable bonds is 3. The summed E-state index contributed by atoms with van der Waals surface area (Å²) in [6, 6.07) is 8.80. The van der Waals surface area contributed by atoms with Crippen molar-refractivity contribution in [1.29, 1.82) is 0 Å². The molecular formula is C18H22N2S. The second-order valence-corrected chi connectivity index (χ2v) is 7.16. The van der Waals surface area contributed by atoms with Gasteiger partial charge in [-0.15, -0.1) is 11.3 Å². The lowest BCUT2D eigenvalue weighted by molar-refractivity contribution is 0.417. The van der Waals surface area contributed by atoms with E-state index in [1.165, 1.54) is 32.3 Å². The average Bonchev–Trinajstić information content (AvgIpc) is 2.76. The Morgan fingerprint density at radius 3 is 2.86 bits per heavy atom. The number of benzene rings is 1. The van der Waals surface area contributed by atoms with E-state index in [1.54, 1.807) is 0 Å². The van der Waals surface area contributed by atoms with Gasteiger partial charge in [-0.25, -0.2) is 4.98 Å². The molecular weight excluding hydrogens is 276 g/mol. The van der Waals surface area contributed by atoms with Crippen LogP contribution in [-0.4, -0.2) is 30.5 Å². The lowest BCUT2D eigenvalue weighted by Crippen LogP contribution is -2.12. The number of aromatic nitrogens is 1. The third-order valence-corrected chi connectivity index (χ3v) is 4.94. The van der Waals surface area contributed by atoms with Crippen LogP contribution in [0.4, 0.5) is 0 Å². The fourth-order valence-corrected chi connectivity index (χ4v) is 3.85. The molecule has 2 aromatic rings. The van der Waals surface area contributed by atoms with Crippen molar-refractivity contribution >= 4 is 16.9 Å². The lowest BCUT2D eigenvalue weighted by atomic mass is 9.97. The Hall–Kier alpha value is -1.45. The van der Waals surface area contributed by atoms with Gasteiger partial charge in [-0.3, -0.25) is 0 Å². The van der Waals surface area contributed by atoms with Gasteiger partial charge in [0.2, 0.25) is 0 Å². The van der Waals surface area contributed by atoms with Crippen LogP contribution in [0.2, 0.25) is 0 Å². The third-order valence-electron chi connectivity index (χ3n) is 3.91. The molecule has 0 spiro atoms. The fourth-order valence-electron chi connectivity index (χ4n) is 2.90. The topological polar surface area (TPSA) is 16.1 Å². The Kier molecular flexibility index (Phi) is 4.22. The highest BCUT2D eigenvalue weighted by atomic mass is 32.1. The predicted octanol–water partition coefficient (Wildman–Crippen LogP) is 3.93. The van der Waals surface area contributed by atoms with Crippen molar-refractivity contribution in [2.75, 3.05) is 20.6 Å². The second-order valence-electron chi connectivity index (χ2n) is 5.87. The fraction of sp³-hybridized carbons (Fsp3) is 0.389. The van der Waals surface area contributed by atoms with Gasteiger partial charge in [0.1, 0.15) is 0 Å². The molecule has 0 atom stereocenters. The zero-order valence-corrected chi connectivity index (χ0v) is 13.8. The van der Waals surface area contributed by atoms with Gasteiger partial charge in [0.05, 0.1) is 10.7 Å². The molecule has 0 N–H and O–H groups in total. The quantitative estimate of drug-likeness (QED) is 0.853. The minimum atomic E-state index is 1.06. The maximum absolute atomic E-state index is 4.83. The largest absolute Gasteiger partial charge is 0.309 e. The maximum Gasteiger partial charge on any atom is 0.0904 e. The summed E-state index contributed by atoms with van der Waals surface area (Å²) in [6.45, 7) is 3.19. The maximum atomic E-state index is 4.83. The summed E-state index contributed by atoms with van der Waals surface area (Å²) in [5.74, 6) is 0. The van der Waals surface area contributed by atoms with E-state index in [9.17, 15) is 0 Å². The van der Waals surface area contributed by atoms with Crippen molar-refractivity contribution < 1.29 is 0 Å². The number of nitrogens with zero attached hydrogens (tertiary/aromatic N) is 2. The van der Waals surface area contributed by atoms with E-state index in [2.05, 4.69) is 56.3 Å². The number of fused-ring (bicyclic) bond motifs is 2. The van der Waals surface area contributed by atoms with Gasteiger partial charge in [0.25, 0.3) is 0 Å². The molecule has 1 aromatic carbocycles. The molecule has 1 heterocycles. The molecule has 1 aliphatic rings. The molecule has 0 saturated heterocycles. The number of aryl methyl sites for hydroxylation is 3. The van der Waals surface area contributed by atoms with Crippen LogP contribution in [0, 0.1) is 6.92 Å². The van der Waals surface area contributed by atoms with Gasteiger partial charge in [0.15, 0.2) is 0 Å². The predicted molar refractivity (Wildman–Crippen MR) is 91.0 cm³/mol. The monoisotopic (exact) mass is 298 g/mol. The van der Waals surface area contributed by atoms with Crippen molar-refractivity contribution in [2.45, 2.75) is 26.2 Å². The minimum Gasteiger partial charge on any atom is -0.309 e. The van der Waals surface area contributed by atoms with Crippen molar-refractivity contribution in [2.24, 2.45) is 0 Å². The van der Waals surface area contributed by atoms with Crippen molar-refractivity contribution in [3.05, 3.63) is 57.0 Å². The van der Waals surface area contributed by atoms with Crippen LogP contribution in [0.3, 0.4) is 0 Å². The zero-order chi connectivity index (χ0) is 14.8. The van der Waals surface area contributed by atoms with Gasteiger partial charge in [-0.2, -0.15) is 0 Å². The first-order valence-corrected chi connectivity index (χ1v) is 8.36. The van der Waals surface area contributed by atoms with E-state index >= 15 is 0 Å². The first-order valence-electron chi connectivity index (χ1n) is 7.55. The third kappa shape index (κ3) is 3.09. The zero-order valence-electron chi connectivity index (χ0n) is 13.0. The first kappa shape index (κ1) is 14.5. The summed E-state index contributed by atoms with van der Waals surface area (Å²) in [6.07, 6.45) is 5.67. The van der Waals surface area contributed by atoms with E-state index in [1.807, 2.05) is 11.3 Å². The van der Waals surface area contributed by atoms with Crippen LogP contribution >= 0.6 is 11.3 Å². The molecule has 0 saturated carbocycles. The van der Waals surface area contributed by atoms with Crippen molar-refractivity contribution in [3.8, 4) is 0 Å². The summed E-state index contributed by atoms with van der Waals surface area (Å²) < 4.78 is 0. The van der Waals surface area contributed by atoms with Gasteiger partial charge in [-0.1, -0.05) is 30.3 Å². The molecule has 0 bridgehead atoms. The molecule has 0 aliphatic heterocycles. The van der Waals surface area contributed by atoms with Crippen LogP contribution in [0.15, 0.2) is 30.3 Å². The summed E-state index contributed by atoms with van der Waals surface area (Å²) in [5.41, 5.74) is 5.39. The second kappa shape index (κ2) is 6.12. The van der Waals surface area contributed by atoms with Crippen molar-refractivity contribution in [3.63, 3.8) is 0 Å². The first-order chi connectivity index (χ1) is 10.1. The Labute approximate surface area is 131 Å². The lowest BCUT2D eigenvalue weighted by Gasteiger charge is -2.11. The number of hydrogen-bond donors (Lipinski definition) is 0. The molecule has 21 heavy (non-hydrogen) atoms.